The molecular formula is C20H26N6O. The van der Waals surface area contributed by atoms with Gasteiger partial charge in [0.05, 0.1) is 6.10 Å². The summed E-state index contributed by atoms with van der Waals surface area (Å²) in [4.78, 5) is 13.6. The molecule has 142 valence electrons. The first kappa shape index (κ1) is 18.8. The van der Waals surface area contributed by atoms with Crippen molar-refractivity contribution in [3.8, 4) is 5.88 Å². The van der Waals surface area contributed by atoms with E-state index >= 15 is 0 Å². The highest BCUT2D eigenvalue weighted by atomic mass is 16.5. The Balaban J connectivity index is 1.99. The number of aromatic nitrogens is 1. The van der Waals surface area contributed by atoms with E-state index in [9.17, 15) is 0 Å². The second-order valence-corrected chi connectivity index (χ2v) is 6.97. The van der Waals surface area contributed by atoms with Crippen LogP contribution in [0.25, 0.3) is 0 Å². The molecule has 0 aliphatic carbocycles. The SMILES string of the molecule is CC(C)N=C1NC(c2ccccc2)=NC(N)(c2ccc(OC(C)C)nc2)N1. The molecule has 1 unspecified atom stereocenters. The van der Waals surface area contributed by atoms with E-state index in [0.29, 0.717) is 23.2 Å². The first-order valence-corrected chi connectivity index (χ1v) is 9.06. The average molecular weight is 366 g/mol. The molecule has 0 amide bonds. The highest BCUT2D eigenvalue weighted by Crippen LogP contribution is 2.22. The van der Waals surface area contributed by atoms with Crippen LogP contribution < -0.4 is 21.1 Å². The third-order valence-corrected chi connectivity index (χ3v) is 3.80. The van der Waals surface area contributed by atoms with Gasteiger partial charge in [-0.3, -0.25) is 10.7 Å². The smallest absolute Gasteiger partial charge is 0.215 e. The third kappa shape index (κ3) is 4.62. The molecule has 0 saturated heterocycles. The Bertz CT molecular complexity index is 829. The average Bonchev–Trinajstić information content (AvgIpc) is 2.61. The van der Waals surface area contributed by atoms with Crippen molar-refractivity contribution in [3.05, 3.63) is 59.8 Å². The topological polar surface area (TPSA) is 96.9 Å². The van der Waals surface area contributed by atoms with Gasteiger partial charge in [-0.25, -0.2) is 9.98 Å². The van der Waals surface area contributed by atoms with Gasteiger partial charge in [-0.15, -0.1) is 0 Å². The second kappa shape index (κ2) is 7.75. The van der Waals surface area contributed by atoms with Crippen LogP contribution in [-0.2, 0) is 5.79 Å². The lowest BCUT2D eigenvalue weighted by Crippen LogP contribution is -2.61. The van der Waals surface area contributed by atoms with E-state index in [1.807, 2.05) is 64.1 Å². The summed E-state index contributed by atoms with van der Waals surface area (Å²) < 4.78 is 5.61. The second-order valence-electron chi connectivity index (χ2n) is 6.97. The first-order chi connectivity index (χ1) is 12.9. The summed E-state index contributed by atoms with van der Waals surface area (Å²) in [6.07, 6.45) is 1.73. The van der Waals surface area contributed by atoms with Crippen LogP contribution in [0, 0.1) is 0 Å². The molecule has 1 aromatic carbocycles. The number of hydrogen-bond acceptors (Lipinski definition) is 5. The van der Waals surface area contributed by atoms with E-state index in [0.717, 1.165) is 5.56 Å². The van der Waals surface area contributed by atoms with Gasteiger partial charge in [0.25, 0.3) is 0 Å². The van der Waals surface area contributed by atoms with E-state index in [2.05, 4.69) is 20.6 Å². The van der Waals surface area contributed by atoms with Crippen LogP contribution in [0.15, 0.2) is 58.6 Å². The van der Waals surface area contributed by atoms with E-state index < -0.39 is 5.79 Å². The standard InChI is InChI=1S/C20H26N6O/c1-13(2)23-19-24-18(15-8-6-5-7-9-15)25-20(21,26-19)16-10-11-17(22-12-16)27-14(3)4/h5-14H,21H2,1-4H3,(H2,23,24,25,26). The number of nitrogens with zero attached hydrogens (tertiary/aromatic N) is 3. The lowest BCUT2D eigenvalue weighted by molar-refractivity contribution is 0.232. The Morgan fingerprint density at radius 3 is 2.41 bits per heavy atom. The predicted octanol–water partition coefficient (Wildman–Crippen LogP) is 2.34. The summed E-state index contributed by atoms with van der Waals surface area (Å²) in [5.74, 6) is 0.588. The number of rotatable bonds is 5. The van der Waals surface area contributed by atoms with Gasteiger partial charge in [-0.2, -0.15) is 0 Å². The molecule has 27 heavy (non-hydrogen) atoms. The van der Waals surface area contributed by atoms with E-state index in [1.54, 1.807) is 12.3 Å². The highest BCUT2D eigenvalue weighted by Gasteiger charge is 2.33. The van der Waals surface area contributed by atoms with Gasteiger partial charge >= 0.3 is 0 Å². The fourth-order valence-electron chi connectivity index (χ4n) is 2.67. The Morgan fingerprint density at radius 1 is 1.07 bits per heavy atom. The maximum Gasteiger partial charge on any atom is 0.215 e. The fourth-order valence-corrected chi connectivity index (χ4v) is 2.67. The zero-order valence-electron chi connectivity index (χ0n) is 16.1. The maximum atomic E-state index is 6.63. The minimum Gasteiger partial charge on any atom is -0.475 e. The number of aliphatic imine (C=N–C) groups is 2. The summed E-state index contributed by atoms with van der Waals surface area (Å²) in [5, 5.41) is 6.41. The number of nitrogens with two attached hydrogens (primary N) is 1. The van der Waals surface area contributed by atoms with Crippen molar-refractivity contribution < 1.29 is 4.74 Å². The monoisotopic (exact) mass is 366 g/mol. The molecule has 2 aromatic rings. The number of hydrogen-bond donors (Lipinski definition) is 3. The molecule has 0 radical (unpaired) electrons. The zero-order chi connectivity index (χ0) is 19.4. The molecular weight excluding hydrogens is 340 g/mol. The van der Waals surface area contributed by atoms with Crippen LogP contribution in [0.5, 0.6) is 5.88 Å². The molecule has 0 spiro atoms. The molecule has 1 atom stereocenters. The summed E-state index contributed by atoms with van der Waals surface area (Å²) in [7, 11) is 0. The predicted molar refractivity (Wildman–Crippen MR) is 108 cm³/mol. The molecule has 0 fully saturated rings. The van der Waals surface area contributed by atoms with Crippen LogP contribution in [0.4, 0.5) is 0 Å². The number of amidine groups is 1. The van der Waals surface area contributed by atoms with Gasteiger partial charge in [-0.1, -0.05) is 30.3 Å². The molecule has 1 aliphatic heterocycles. The summed E-state index contributed by atoms with van der Waals surface area (Å²) >= 11 is 0. The van der Waals surface area contributed by atoms with Crippen molar-refractivity contribution in [1.29, 1.82) is 0 Å². The van der Waals surface area contributed by atoms with E-state index in [-0.39, 0.29) is 12.1 Å². The molecule has 2 heterocycles. The zero-order valence-corrected chi connectivity index (χ0v) is 16.1. The summed E-state index contributed by atoms with van der Waals surface area (Å²) in [6, 6.07) is 13.6. The molecule has 7 nitrogen and oxygen atoms in total. The van der Waals surface area contributed by atoms with Crippen molar-refractivity contribution >= 4 is 11.8 Å². The van der Waals surface area contributed by atoms with Crippen molar-refractivity contribution in [2.45, 2.75) is 45.6 Å². The number of ether oxygens (including phenoxy) is 1. The molecule has 4 N–H and O–H groups in total. The van der Waals surface area contributed by atoms with Crippen LogP contribution in [-0.4, -0.2) is 28.9 Å². The van der Waals surface area contributed by atoms with E-state index in [1.165, 1.54) is 0 Å². The Labute approximate surface area is 159 Å². The Hall–Kier alpha value is -2.93. The lowest BCUT2D eigenvalue weighted by Gasteiger charge is -2.34. The highest BCUT2D eigenvalue weighted by molar-refractivity contribution is 6.10. The summed E-state index contributed by atoms with van der Waals surface area (Å²) in [5.41, 5.74) is 8.27. The van der Waals surface area contributed by atoms with Gasteiger partial charge in [0.2, 0.25) is 11.7 Å². The van der Waals surface area contributed by atoms with Gasteiger partial charge in [0.15, 0.2) is 5.96 Å². The first-order valence-electron chi connectivity index (χ1n) is 9.06. The van der Waals surface area contributed by atoms with E-state index in [4.69, 9.17) is 15.5 Å². The minimum atomic E-state index is -1.19. The largest absolute Gasteiger partial charge is 0.475 e. The molecule has 3 rings (SSSR count). The van der Waals surface area contributed by atoms with Crippen LogP contribution in [0.2, 0.25) is 0 Å². The minimum absolute atomic E-state index is 0.0553. The number of guanidine groups is 1. The van der Waals surface area contributed by atoms with Crippen LogP contribution in [0.1, 0.15) is 38.8 Å². The fraction of sp³-hybridized carbons (Fsp3) is 0.350. The quantitative estimate of drug-likeness (QED) is 0.755. The molecule has 0 bridgehead atoms. The van der Waals surface area contributed by atoms with Crippen molar-refractivity contribution in [1.82, 2.24) is 15.6 Å². The molecule has 1 aromatic heterocycles. The number of benzene rings is 1. The lowest BCUT2D eigenvalue weighted by atomic mass is 10.1. The van der Waals surface area contributed by atoms with Crippen LogP contribution >= 0.6 is 0 Å². The van der Waals surface area contributed by atoms with Gasteiger partial charge in [0, 0.05) is 29.4 Å². The van der Waals surface area contributed by atoms with Crippen molar-refractivity contribution in [3.63, 3.8) is 0 Å². The normalized spacial score (nSPS) is 21.0. The van der Waals surface area contributed by atoms with Gasteiger partial charge in [0.1, 0.15) is 5.84 Å². The molecule has 1 aliphatic rings. The number of pyridine rings is 1. The molecule has 7 heteroatoms. The Kier molecular flexibility index (Phi) is 5.41. The van der Waals surface area contributed by atoms with Crippen LogP contribution in [0.3, 0.4) is 0 Å². The van der Waals surface area contributed by atoms with Crippen molar-refractivity contribution in [2.75, 3.05) is 0 Å². The maximum absolute atomic E-state index is 6.63. The third-order valence-electron chi connectivity index (χ3n) is 3.80. The van der Waals surface area contributed by atoms with Crippen molar-refractivity contribution in [2.24, 2.45) is 15.7 Å². The summed E-state index contributed by atoms with van der Waals surface area (Å²) in [6.45, 7) is 7.92. The van der Waals surface area contributed by atoms with Gasteiger partial charge in [-0.05, 0) is 33.8 Å². The molecule has 0 saturated carbocycles. The number of nitrogens with one attached hydrogen (secondary N) is 2. The van der Waals surface area contributed by atoms with Gasteiger partial charge < -0.3 is 15.4 Å². The Morgan fingerprint density at radius 2 is 1.81 bits per heavy atom.